The van der Waals surface area contributed by atoms with E-state index in [1.54, 1.807) is 12.3 Å². The lowest BCUT2D eigenvalue weighted by molar-refractivity contribution is -0.144. The number of aliphatic carboxylic acids is 1. The van der Waals surface area contributed by atoms with E-state index in [1.807, 2.05) is 0 Å². The van der Waals surface area contributed by atoms with E-state index in [-0.39, 0.29) is 32.6 Å². The predicted molar refractivity (Wildman–Crippen MR) is 116 cm³/mol. The number of carbonyl (C=O) groups is 3. The van der Waals surface area contributed by atoms with E-state index < -0.39 is 17.9 Å². The normalized spacial score (nSPS) is 23.0. The Morgan fingerprint density at radius 3 is 2.81 bits per heavy atom. The van der Waals surface area contributed by atoms with E-state index in [1.165, 1.54) is 22.9 Å². The molecule has 1 aromatic heterocycles. The van der Waals surface area contributed by atoms with Crippen LogP contribution in [0.1, 0.15) is 45.2 Å². The largest absolute Gasteiger partial charge is 0.478 e. The first kappa shape index (κ1) is 23.1. The minimum atomic E-state index is -1.07. The third-order valence-corrected chi connectivity index (χ3v) is 7.06. The number of thioether (sulfide) groups is 1. The summed E-state index contributed by atoms with van der Waals surface area (Å²) in [7, 11) is 0. The van der Waals surface area contributed by atoms with Gasteiger partial charge in [-0.15, -0.1) is 23.1 Å². The number of carboxylic acids is 1. The Balaban J connectivity index is 1.69. The standard InChI is InChI=1S/C19H25N5O5S2/c1-3-4-5-6-7-29-23-13(12-9-30-19(20)21-12)15(25)22-14-16(26)24-8-11(18(27)28)10(2)31-17(14)24/h8-10,14,17H,3-7H2,1-2H3,(H2,20,21)(H,22,25)(H,27,28)/b23-13-/t10?,14?,17-/m1/s1. The number of aromatic nitrogens is 1. The van der Waals surface area contributed by atoms with Crippen LogP contribution in [0.3, 0.4) is 0 Å². The second-order valence-electron chi connectivity index (χ2n) is 7.19. The van der Waals surface area contributed by atoms with Crippen LogP contribution >= 0.6 is 23.1 Å². The van der Waals surface area contributed by atoms with Crippen LogP contribution in [0.15, 0.2) is 22.3 Å². The number of unbranched alkanes of at least 4 members (excludes halogenated alkanes) is 3. The molecule has 3 heterocycles. The van der Waals surface area contributed by atoms with E-state index >= 15 is 0 Å². The van der Waals surface area contributed by atoms with Crippen LogP contribution in [0.5, 0.6) is 0 Å². The predicted octanol–water partition coefficient (Wildman–Crippen LogP) is 1.61. The number of aromatic amines is 1. The summed E-state index contributed by atoms with van der Waals surface area (Å²) in [4.78, 5) is 46.3. The molecule has 1 saturated heterocycles. The number of carbonyl (C=O) groups excluding carboxylic acids is 2. The summed E-state index contributed by atoms with van der Waals surface area (Å²) in [5, 5.41) is 24.5. The van der Waals surface area contributed by atoms with Crippen LogP contribution in [0, 0.1) is 5.41 Å². The summed E-state index contributed by atoms with van der Waals surface area (Å²) in [5.41, 5.74) is 0.448. The fraction of sp³-hybridized carbons (Fsp3) is 0.526. The number of nitrogens with one attached hydrogen (secondary N) is 3. The van der Waals surface area contributed by atoms with Crippen molar-refractivity contribution in [3.8, 4) is 0 Å². The summed E-state index contributed by atoms with van der Waals surface area (Å²) in [6.07, 6.45) is 5.35. The van der Waals surface area contributed by atoms with Crippen LogP contribution < -0.4 is 10.1 Å². The van der Waals surface area contributed by atoms with Gasteiger partial charge < -0.3 is 25.1 Å². The van der Waals surface area contributed by atoms with Crippen molar-refractivity contribution >= 4 is 46.6 Å². The SMILES string of the molecule is CCCCCCO/N=C(\C(=O)NC1C(=O)N2C=C(C(=O)O)C(C)S[C@H]12)c1csc(=N)[nH]1. The topological polar surface area (TPSA) is 148 Å². The lowest BCUT2D eigenvalue weighted by atomic mass is 10.1. The van der Waals surface area contributed by atoms with Gasteiger partial charge in [0.2, 0.25) is 0 Å². The maximum absolute atomic E-state index is 12.9. The van der Waals surface area contributed by atoms with Gasteiger partial charge in [-0.05, 0) is 19.8 Å². The van der Waals surface area contributed by atoms with Gasteiger partial charge in [0, 0.05) is 16.8 Å². The molecule has 12 heteroatoms. The first-order valence-electron chi connectivity index (χ1n) is 9.99. The molecule has 0 spiro atoms. The quantitative estimate of drug-likeness (QED) is 0.178. The maximum atomic E-state index is 12.9. The molecule has 31 heavy (non-hydrogen) atoms. The average molecular weight is 468 g/mol. The molecular formula is C19H25N5O5S2. The lowest BCUT2D eigenvalue weighted by Crippen LogP contribution is -2.69. The molecule has 0 aromatic carbocycles. The number of oxime groups is 1. The molecule has 2 aliphatic rings. The van der Waals surface area contributed by atoms with Crippen molar-refractivity contribution in [2.45, 2.75) is 56.2 Å². The minimum Gasteiger partial charge on any atom is -0.478 e. The number of β-lactam (4-membered cyclic amide) rings is 1. The third kappa shape index (κ3) is 5.18. The Hall–Kier alpha value is -2.60. The molecule has 2 unspecified atom stereocenters. The van der Waals surface area contributed by atoms with E-state index in [0.717, 1.165) is 37.0 Å². The van der Waals surface area contributed by atoms with E-state index in [0.29, 0.717) is 12.3 Å². The molecular weight excluding hydrogens is 442 g/mol. The molecule has 10 nitrogen and oxygen atoms in total. The van der Waals surface area contributed by atoms with E-state index in [9.17, 15) is 19.5 Å². The molecule has 1 fully saturated rings. The van der Waals surface area contributed by atoms with Gasteiger partial charge in [-0.3, -0.25) is 15.0 Å². The molecule has 0 saturated carbocycles. The van der Waals surface area contributed by atoms with Crippen LogP contribution in [0.2, 0.25) is 0 Å². The van der Waals surface area contributed by atoms with Gasteiger partial charge in [0.25, 0.3) is 11.8 Å². The van der Waals surface area contributed by atoms with Crippen molar-refractivity contribution in [2.75, 3.05) is 6.61 Å². The van der Waals surface area contributed by atoms with Crippen molar-refractivity contribution in [3.63, 3.8) is 0 Å². The van der Waals surface area contributed by atoms with Crippen LogP contribution in [0.25, 0.3) is 0 Å². The number of hydrogen-bond donors (Lipinski definition) is 4. The Morgan fingerprint density at radius 2 is 2.16 bits per heavy atom. The summed E-state index contributed by atoms with van der Waals surface area (Å²) in [5.74, 6) is -2.04. The van der Waals surface area contributed by atoms with Gasteiger partial charge >= 0.3 is 5.97 Å². The third-order valence-electron chi connectivity index (χ3n) is 4.93. The summed E-state index contributed by atoms with van der Waals surface area (Å²) in [6, 6.07) is -0.796. The molecule has 168 valence electrons. The summed E-state index contributed by atoms with van der Waals surface area (Å²) >= 11 is 2.41. The zero-order valence-corrected chi connectivity index (χ0v) is 18.8. The maximum Gasteiger partial charge on any atom is 0.334 e. The number of fused-ring (bicyclic) bond motifs is 1. The number of nitrogens with zero attached hydrogens (tertiary/aromatic N) is 2. The number of amides is 2. The van der Waals surface area contributed by atoms with Gasteiger partial charge in [0.1, 0.15) is 18.0 Å². The molecule has 3 rings (SSSR count). The second kappa shape index (κ2) is 10.1. The molecule has 3 atom stereocenters. The fourth-order valence-corrected chi connectivity index (χ4v) is 5.15. The number of H-pyrrole nitrogens is 1. The zero-order valence-electron chi connectivity index (χ0n) is 17.2. The Labute approximate surface area is 187 Å². The fourth-order valence-electron chi connectivity index (χ4n) is 3.21. The molecule has 2 aliphatic heterocycles. The summed E-state index contributed by atoms with van der Waals surface area (Å²) in [6.45, 7) is 4.22. The summed E-state index contributed by atoms with van der Waals surface area (Å²) < 4.78 is 0. The van der Waals surface area contributed by atoms with Crippen LogP contribution in [-0.4, -0.2) is 61.8 Å². The van der Waals surface area contributed by atoms with Crippen LogP contribution in [0.4, 0.5) is 0 Å². The van der Waals surface area contributed by atoms with Crippen molar-refractivity contribution < 1.29 is 24.3 Å². The van der Waals surface area contributed by atoms with E-state index in [4.69, 9.17) is 10.2 Å². The average Bonchev–Trinajstić information content (AvgIpc) is 3.16. The minimum absolute atomic E-state index is 0.0351. The van der Waals surface area contributed by atoms with Gasteiger partial charge in [-0.2, -0.15) is 0 Å². The Morgan fingerprint density at radius 1 is 1.39 bits per heavy atom. The highest BCUT2D eigenvalue weighted by atomic mass is 32.2. The molecule has 1 aromatic rings. The molecule has 2 amide bonds. The van der Waals surface area contributed by atoms with Gasteiger partial charge in [-0.25, -0.2) is 4.79 Å². The highest BCUT2D eigenvalue weighted by Gasteiger charge is 2.51. The number of hydrogen-bond acceptors (Lipinski definition) is 8. The zero-order chi connectivity index (χ0) is 22.5. The Kier molecular flexibility index (Phi) is 7.55. The highest BCUT2D eigenvalue weighted by Crippen LogP contribution is 2.40. The molecule has 0 radical (unpaired) electrons. The lowest BCUT2D eigenvalue weighted by Gasteiger charge is -2.48. The number of rotatable bonds is 10. The van der Waals surface area contributed by atoms with Crippen molar-refractivity contribution in [2.24, 2.45) is 5.16 Å². The molecule has 0 aliphatic carbocycles. The van der Waals surface area contributed by atoms with Gasteiger partial charge in [0.05, 0.1) is 11.3 Å². The monoisotopic (exact) mass is 467 g/mol. The van der Waals surface area contributed by atoms with Crippen LogP contribution in [-0.2, 0) is 19.2 Å². The van der Waals surface area contributed by atoms with Gasteiger partial charge in [-0.1, -0.05) is 24.9 Å². The number of thiazole rings is 1. The molecule has 0 bridgehead atoms. The second-order valence-corrected chi connectivity index (χ2v) is 9.53. The van der Waals surface area contributed by atoms with Crippen molar-refractivity contribution in [1.82, 2.24) is 15.2 Å². The van der Waals surface area contributed by atoms with Crippen molar-refractivity contribution in [3.05, 3.63) is 27.6 Å². The van der Waals surface area contributed by atoms with Gasteiger partial charge in [0.15, 0.2) is 10.5 Å². The van der Waals surface area contributed by atoms with Crippen molar-refractivity contribution in [1.29, 1.82) is 5.41 Å². The smallest absolute Gasteiger partial charge is 0.334 e. The highest BCUT2D eigenvalue weighted by molar-refractivity contribution is 8.00. The molecule has 4 N–H and O–H groups in total. The first-order valence-corrected chi connectivity index (χ1v) is 11.8. The Bertz CT molecular complexity index is 969. The number of carboxylic acid groups (broad SMARTS) is 1. The van der Waals surface area contributed by atoms with E-state index in [2.05, 4.69) is 22.4 Å². The first-order chi connectivity index (χ1) is 14.8.